The van der Waals surface area contributed by atoms with Gasteiger partial charge in [0.25, 0.3) is 11.8 Å². The normalized spacial score (nSPS) is 17.8. The minimum absolute atomic E-state index is 0.190. The molecular weight excluding hydrogens is 425 g/mol. The quantitative estimate of drug-likeness (QED) is 0.672. The highest BCUT2D eigenvalue weighted by Crippen LogP contribution is 2.37. The van der Waals surface area contributed by atoms with Gasteiger partial charge in [0, 0.05) is 37.8 Å². The lowest BCUT2D eigenvalue weighted by Gasteiger charge is -2.35. The average Bonchev–Trinajstić information content (AvgIpc) is 3.39. The molecule has 2 aromatic carbocycles. The third-order valence-corrected chi connectivity index (χ3v) is 6.09. The minimum Gasteiger partial charge on any atom is -0.436 e. The van der Waals surface area contributed by atoms with Crippen LogP contribution in [-0.2, 0) is 4.79 Å². The van der Waals surface area contributed by atoms with E-state index in [1.165, 1.54) is 18.2 Å². The van der Waals surface area contributed by atoms with Gasteiger partial charge in [-0.25, -0.2) is 9.37 Å². The Morgan fingerprint density at radius 1 is 1.06 bits per heavy atom. The molecule has 1 aliphatic carbocycles. The zero-order chi connectivity index (χ0) is 21.8. The fourth-order valence-corrected chi connectivity index (χ4v) is 4.02. The van der Waals surface area contributed by atoms with Crippen LogP contribution in [0, 0.1) is 5.82 Å². The number of hydrogen-bond acceptors (Lipinski definition) is 5. The number of carbonyl (C=O) groups is 2. The number of nitrogens with zero attached hydrogens (tertiary/aromatic N) is 3. The molecule has 9 heteroatoms. The van der Waals surface area contributed by atoms with Gasteiger partial charge in [0.15, 0.2) is 5.58 Å². The fourth-order valence-electron chi connectivity index (χ4n) is 3.76. The Morgan fingerprint density at radius 2 is 1.77 bits per heavy atom. The Morgan fingerprint density at radius 3 is 2.45 bits per heavy atom. The van der Waals surface area contributed by atoms with Crippen molar-refractivity contribution in [1.82, 2.24) is 14.8 Å². The van der Waals surface area contributed by atoms with E-state index in [9.17, 15) is 19.1 Å². The van der Waals surface area contributed by atoms with Gasteiger partial charge in [-0.2, -0.15) is 0 Å². The van der Waals surface area contributed by atoms with Crippen LogP contribution >= 0.6 is 11.6 Å². The summed E-state index contributed by atoms with van der Waals surface area (Å²) in [5.74, 6) is -0.611. The van der Waals surface area contributed by atoms with E-state index in [1.807, 2.05) is 0 Å². The highest BCUT2D eigenvalue weighted by molar-refractivity contribution is 6.33. The van der Waals surface area contributed by atoms with Crippen LogP contribution < -0.4 is 0 Å². The molecule has 2 aliphatic rings. The topological polar surface area (TPSA) is 86.9 Å². The first-order valence-electron chi connectivity index (χ1n) is 10.0. The number of rotatable bonds is 3. The second-order valence-corrected chi connectivity index (χ2v) is 8.35. The summed E-state index contributed by atoms with van der Waals surface area (Å²) < 4.78 is 19.0. The number of hydrogen-bond donors (Lipinski definition) is 1. The van der Waals surface area contributed by atoms with Crippen molar-refractivity contribution in [2.75, 3.05) is 26.2 Å². The molecule has 1 aliphatic heterocycles. The Labute approximate surface area is 182 Å². The van der Waals surface area contributed by atoms with Crippen LogP contribution in [-0.4, -0.2) is 63.5 Å². The molecule has 2 fully saturated rings. The van der Waals surface area contributed by atoms with Crippen LogP contribution in [0.2, 0.25) is 5.02 Å². The Bertz CT molecular complexity index is 1200. The van der Waals surface area contributed by atoms with Gasteiger partial charge in [-0.15, -0.1) is 0 Å². The standard InChI is InChI=1S/C22H19ClFN3O4/c23-16-11-13(1-3-15(16)19-25-17-4-2-14(24)12-18(17)31-19)20(28)26-7-9-27(10-8-26)21(29)22(30)5-6-22/h1-4,11-12,30H,5-10H2. The van der Waals surface area contributed by atoms with Crippen molar-refractivity contribution in [2.45, 2.75) is 18.4 Å². The van der Waals surface area contributed by atoms with Crippen LogP contribution in [0.4, 0.5) is 4.39 Å². The number of aromatic nitrogens is 1. The molecule has 2 amide bonds. The number of amides is 2. The maximum Gasteiger partial charge on any atom is 0.254 e. The molecule has 1 aromatic heterocycles. The van der Waals surface area contributed by atoms with Gasteiger partial charge in [-0.3, -0.25) is 9.59 Å². The molecule has 1 saturated heterocycles. The molecule has 7 nitrogen and oxygen atoms in total. The number of oxazole rings is 1. The number of aliphatic hydroxyl groups is 1. The van der Waals surface area contributed by atoms with Crippen LogP contribution in [0.5, 0.6) is 0 Å². The van der Waals surface area contributed by atoms with E-state index in [4.69, 9.17) is 16.0 Å². The maximum atomic E-state index is 13.4. The SMILES string of the molecule is O=C(c1ccc(-c2nc3ccc(F)cc3o2)c(Cl)c1)N1CCN(C(=O)C2(O)CC2)CC1. The van der Waals surface area contributed by atoms with Crippen molar-refractivity contribution in [2.24, 2.45) is 0 Å². The first-order chi connectivity index (χ1) is 14.8. The van der Waals surface area contributed by atoms with Crippen LogP contribution in [0.1, 0.15) is 23.2 Å². The summed E-state index contributed by atoms with van der Waals surface area (Å²) in [5.41, 5.74) is 0.552. The Balaban J connectivity index is 1.30. The first-order valence-corrected chi connectivity index (χ1v) is 10.4. The van der Waals surface area contributed by atoms with E-state index >= 15 is 0 Å². The summed E-state index contributed by atoms with van der Waals surface area (Å²) in [6, 6.07) is 8.93. The van der Waals surface area contributed by atoms with E-state index in [2.05, 4.69) is 4.98 Å². The summed E-state index contributed by atoms with van der Waals surface area (Å²) in [7, 11) is 0. The van der Waals surface area contributed by atoms with Gasteiger partial charge < -0.3 is 19.3 Å². The van der Waals surface area contributed by atoms with E-state index in [0.717, 1.165) is 0 Å². The molecule has 1 N–H and O–H groups in total. The van der Waals surface area contributed by atoms with Gasteiger partial charge in [0.2, 0.25) is 5.89 Å². The molecule has 0 atom stereocenters. The third kappa shape index (κ3) is 3.66. The third-order valence-electron chi connectivity index (χ3n) is 5.77. The summed E-state index contributed by atoms with van der Waals surface area (Å²) in [4.78, 5) is 32.7. The number of halogens is 2. The lowest BCUT2D eigenvalue weighted by atomic mass is 10.1. The summed E-state index contributed by atoms with van der Waals surface area (Å²) in [6.07, 6.45) is 1.01. The number of fused-ring (bicyclic) bond motifs is 1. The van der Waals surface area contributed by atoms with E-state index in [1.54, 1.807) is 28.0 Å². The minimum atomic E-state index is -1.19. The molecule has 1 saturated carbocycles. The molecule has 2 heterocycles. The highest BCUT2D eigenvalue weighted by Gasteiger charge is 2.50. The van der Waals surface area contributed by atoms with E-state index in [0.29, 0.717) is 66.3 Å². The summed E-state index contributed by atoms with van der Waals surface area (Å²) in [6.45, 7) is 1.55. The lowest BCUT2D eigenvalue weighted by molar-refractivity contribution is -0.143. The Hall–Kier alpha value is -2.97. The summed E-state index contributed by atoms with van der Waals surface area (Å²) >= 11 is 6.40. The molecule has 31 heavy (non-hydrogen) atoms. The van der Waals surface area contributed by atoms with Gasteiger partial charge in [-0.1, -0.05) is 11.6 Å². The van der Waals surface area contributed by atoms with Gasteiger partial charge >= 0.3 is 0 Å². The predicted octanol–water partition coefficient (Wildman–Crippen LogP) is 3.10. The van der Waals surface area contributed by atoms with Crippen LogP contribution in [0.3, 0.4) is 0 Å². The highest BCUT2D eigenvalue weighted by atomic mass is 35.5. The van der Waals surface area contributed by atoms with Crippen LogP contribution in [0.25, 0.3) is 22.6 Å². The molecular formula is C22H19ClFN3O4. The number of benzene rings is 2. The van der Waals surface area contributed by atoms with Crippen molar-refractivity contribution < 1.29 is 23.5 Å². The molecule has 0 radical (unpaired) electrons. The van der Waals surface area contributed by atoms with Crippen molar-refractivity contribution in [3.63, 3.8) is 0 Å². The maximum absolute atomic E-state index is 13.4. The van der Waals surface area contributed by atoms with Crippen molar-refractivity contribution in [3.8, 4) is 11.5 Å². The first kappa shape index (κ1) is 20.0. The van der Waals surface area contributed by atoms with E-state index < -0.39 is 11.4 Å². The molecule has 0 spiro atoms. The predicted molar refractivity (Wildman–Crippen MR) is 111 cm³/mol. The van der Waals surface area contributed by atoms with Gasteiger partial charge in [-0.05, 0) is 43.2 Å². The molecule has 160 valence electrons. The van der Waals surface area contributed by atoms with Crippen molar-refractivity contribution in [1.29, 1.82) is 0 Å². The van der Waals surface area contributed by atoms with Crippen molar-refractivity contribution >= 4 is 34.5 Å². The fraction of sp³-hybridized carbons (Fsp3) is 0.318. The second kappa shape index (κ2) is 7.32. The smallest absolute Gasteiger partial charge is 0.254 e. The average molecular weight is 444 g/mol. The zero-order valence-electron chi connectivity index (χ0n) is 16.5. The number of carbonyl (C=O) groups excluding carboxylic acids is 2. The van der Waals surface area contributed by atoms with E-state index in [-0.39, 0.29) is 17.7 Å². The lowest BCUT2D eigenvalue weighted by Crippen LogP contribution is -2.53. The van der Waals surface area contributed by atoms with Crippen molar-refractivity contribution in [3.05, 3.63) is 52.8 Å². The number of piperazine rings is 1. The molecule has 0 bridgehead atoms. The summed E-state index contributed by atoms with van der Waals surface area (Å²) in [5, 5.41) is 10.3. The Kier molecular flexibility index (Phi) is 4.71. The molecule has 0 unspecified atom stereocenters. The molecule has 3 aromatic rings. The zero-order valence-corrected chi connectivity index (χ0v) is 17.2. The molecule has 5 rings (SSSR count). The van der Waals surface area contributed by atoms with Gasteiger partial charge in [0.05, 0.1) is 10.6 Å². The van der Waals surface area contributed by atoms with Gasteiger partial charge in [0.1, 0.15) is 16.9 Å². The van der Waals surface area contributed by atoms with Crippen LogP contribution in [0.15, 0.2) is 40.8 Å². The monoisotopic (exact) mass is 443 g/mol. The second-order valence-electron chi connectivity index (χ2n) is 7.94. The largest absolute Gasteiger partial charge is 0.436 e.